The van der Waals surface area contributed by atoms with E-state index in [1.165, 1.54) is 18.3 Å². The van der Waals surface area contributed by atoms with Gasteiger partial charge in [-0.25, -0.2) is 14.2 Å². The van der Waals surface area contributed by atoms with Gasteiger partial charge in [-0.05, 0) is 45.7 Å². The Morgan fingerprint density at radius 3 is 2.52 bits per heavy atom. The Kier molecular flexibility index (Phi) is 7.10. The lowest BCUT2D eigenvalue weighted by Crippen LogP contribution is -2.43. The maximum Gasteiger partial charge on any atom is 0.410 e. The van der Waals surface area contributed by atoms with Crippen molar-refractivity contribution in [3.05, 3.63) is 52.5 Å². The quantitative estimate of drug-likeness (QED) is 0.514. The van der Waals surface area contributed by atoms with Gasteiger partial charge in [0.05, 0.1) is 11.0 Å². The van der Waals surface area contributed by atoms with Gasteiger partial charge in [-0.2, -0.15) is 0 Å². The Balaban J connectivity index is 1.57. The number of anilines is 1. The smallest absolute Gasteiger partial charge is 0.410 e. The molecule has 2 heterocycles. The number of hydrogen-bond donors (Lipinski definition) is 1. The van der Waals surface area contributed by atoms with Gasteiger partial charge in [-0.15, -0.1) is 0 Å². The summed E-state index contributed by atoms with van der Waals surface area (Å²) in [5.41, 5.74) is -0.971. The maximum atomic E-state index is 14.1. The summed E-state index contributed by atoms with van der Waals surface area (Å²) in [7, 11) is 0. The highest BCUT2D eigenvalue weighted by Gasteiger charge is 2.30. The second kappa shape index (κ2) is 9.80. The molecule has 33 heavy (non-hydrogen) atoms. The van der Waals surface area contributed by atoms with Crippen molar-refractivity contribution in [2.45, 2.75) is 39.2 Å². The van der Waals surface area contributed by atoms with Gasteiger partial charge in [0.2, 0.25) is 5.91 Å². The summed E-state index contributed by atoms with van der Waals surface area (Å²) in [5, 5.41) is 13.4. The molecule has 1 aromatic heterocycles. The van der Waals surface area contributed by atoms with E-state index < -0.39 is 22.4 Å². The van der Waals surface area contributed by atoms with Crippen LogP contribution in [0.15, 0.2) is 36.5 Å². The highest BCUT2D eigenvalue weighted by Crippen LogP contribution is 2.28. The van der Waals surface area contributed by atoms with E-state index in [1.54, 1.807) is 25.7 Å². The van der Waals surface area contributed by atoms with Crippen molar-refractivity contribution in [2.24, 2.45) is 5.92 Å². The van der Waals surface area contributed by atoms with Crippen LogP contribution in [0.1, 0.15) is 33.6 Å². The summed E-state index contributed by atoms with van der Waals surface area (Å²) in [6.45, 7) is 6.20. The van der Waals surface area contributed by atoms with Crippen LogP contribution in [-0.4, -0.2) is 45.5 Å². The zero-order chi connectivity index (χ0) is 24.2. The Labute approximate surface area is 189 Å². The normalized spacial score (nSPS) is 14.5. The Bertz CT molecular complexity index is 1050. The van der Waals surface area contributed by atoms with Gasteiger partial charge in [0, 0.05) is 37.3 Å². The molecule has 10 nitrogen and oxygen atoms in total. The lowest BCUT2D eigenvalue weighted by Gasteiger charge is -2.32. The van der Waals surface area contributed by atoms with Crippen molar-refractivity contribution < 1.29 is 28.4 Å². The van der Waals surface area contributed by atoms with Crippen LogP contribution in [0.25, 0.3) is 0 Å². The van der Waals surface area contributed by atoms with Crippen LogP contribution < -0.4 is 10.1 Å². The molecule has 0 radical (unpaired) electrons. The van der Waals surface area contributed by atoms with Gasteiger partial charge in [0.15, 0.2) is 11.6 Å². The highest BCUT2D eigenvalue weighted by molar-refractivity contribution is 5.92. The number of amides is 2. The number of likely N-dealkylation sites (tertiary alicyclic amines) is 1. The number of nitro groups is 1. The van der Waals surface area contributed by atoms with Crippen LogP contribution in [0.4, 0.5) is 20.7 Å². The topological polar surface area (TPSA) is 124 Å². The Morgan fingerprint density at radius 1 is 1.21 bits per heavy atom. The second-order valence-electron chi connectivity index (χ2n) is 8.58. The Hall–Kier alpha value is -3.76. The number of nitrogens with one attached hydrogen (secondary N) is 1. The standard InChI is InChI=1S/C22H25FN4O6/c1-22(2,3)33-21(29)26-10-7-14(8-11-26)20(28)25-19-13-16(6-9-24-19)32-18-5-4-15(27(30)31)12-17(18)23/h4-6,9,12-14H,7-8,10-11H2,1-3H3,(H,24,25,28). The SMILES string of the molecule is CC(C)(C)OC(=O)N1CCC(C(=O)Nc2cc(Oc3ccc([N+](=O)[O-])cc3F)ccn2)CC1. The summed E-state index contributed by atoms with van der Waals surface area (Å²) in [6, 6.07) is 5.95. The zero-order valence-electron chi connectivity index (χ0n) is 18.5. The first-order valence-corrected chi connectivity index (χ1v) is 10.4. The van der Waals surface area contributed by atoms with Crippen molar-refractivity contribution >= 4 is 23.5 Å². The minimum Gasteiger partial charge on any atom is -0.454 e. The van der Waals surface area contributed by atoms with E-state index in [9.17, 15) is 24.1 Å². The molecule has 0 saturated carbocycles. The molecule has 1 aliphatic heterocycles. The molecule has 1 fully saturated rings. The van der Waals surface area contributed by atoms with Crippen LogP contribution >= 0.6 is 0 Å². The molecule has 0 spiro atoms. The summed E-state index contributed by atoms with van der Waals surface area (Å²) >= 11 is 0. The molecule has 0 aliphatic carbocycles. The number of benzene rings is 1. The molecule has 0 bridgehead atoms. The largest absolute Gasteiger partial charge is 0.454 e. The van der Waals surface area contributed by atoms with Crippen LogP contribution in [0.2, 0.25) is 0 Å². The number of pyridine rings is 1. The van der Waals surface area contributed by atoms with Gasteiger partial charge in [0.1, 0.15) is 17.2 Å². The van der Waals surface area contributed by atoms with E-state index in [2.05, 4.69) is 10.3 Å². The monoisotopic (exact) mass is 460 g/mol. The molecule has 1 N–H and O–H groups in total. The van der Waals surface area contributed by atoms with Gasteiger partial charge >= 0.3 is 6.09 Å². The van der Waals surface area contributed by atoms with Crippen LogP contribution in [0.3, 0.4) is 0 Å². The van der Waals surface area contributed by atoms with Crippen LogP contribution in [0.5, 0.6) is 11.5 Å². The van der Waals surface area contributed by atoms with Crippen molar-refractivity contribution in [1.29, 1.82) is 0 Å². The number of nitro benzene ring substituents is 1. The third-order valence-corrected chi connectivity index (χ3v) is 4.85. The lowest BCUT2D eigenvalue weighted by atomic mass is 9.96. The van der Waals surface area contributed by atoms with E-state index in [0.717, 1.165) is 18.2 Å². The molecule has 0 atom stereocenters. The molecule has 1 saturated heterocycles. The molecule has 1 aliphatic rings. The van der Waals surface area contributed by atoms with Gasteiger partial charge in [0.25, 0.3) is 5.69 Å². The third-order valence-electron chi connectivity index (χ3n) is 4.85. The number of carbonyl (C=O) groups is 2. The number of piperidine rings is 1. The molecule has 3 rings (SSSR count). The van der Waals surface area contributed by atoms with Crippen LogP contribution in [-0.2, 0) is 9.53 Å². The molecule has 11 heteroatoms. The predicted octanol–water partition coefficient (Wildman–Crippen LogP) is 4.51. The predicted molar refractivity (Wildman–Crippen MR) is 117 cm³/mol. The van der Waals surface area contributed by atoms with Gasteiger partial charge < -0.3 is 19.7 Å². The third kappa shape index (κ3) is 6.61. The number of hydrogen-bond acceptors (Lipinski definition) is 7. The van der Waals surface area contributed by atoms with E-state index >= 15 is 0 Å². The number of carbonyl (C=O) groups excluding carboxylic acids is 2. The summed E-state index contributed by atoms with van der Waals surface area (Å²) in [6.07, 6.45) is 1.95. The molecule has 176 valence electrons. The van der Waals surface area contributed by atoms with E-state index in [1.807, 2.05) is 0 Å². The first-order valence-electron chi connectivity index (χ1n) is 10.4. The first-order chi connectivity index (χ1) is 15.5. The van der Waals surface area contributed by atoms with Crippen molar-refractivity contribution in [1.82, 2.24) is 9.88 Å². The number of ether oxygens (including phenoxy) is 2. The summed E-state index contributed by atoms with van der Waals surface area (Å²) < 4.78 is 24.9. The minimum absolute atomic E-state index is 0.196. The number of aromatic nitrogens is 1. The van der Waals surface area contributed by atoms with E-state index in [-0.39, 0.29) is 34.8 Å². The van der Waals surface area contributed by atoms with Gasteiger partial charge in [-0.3, -0.25) is 14.9 Å². The molecule has 2 aromatic rings. The fourth-order valence-electron chi connectivity index (χ4n) is 3.24. The number of nitrogens with zero attached hydrogens (tertiary/aromatic N) is 3. The molecular formula is C22H25FN4O6. The molecule has 0 unspecified atom stereocenters. The van der Waals surface area contributed by atoms with Crippen molar-refractivity contribution in [2.75, 3.05) is 18.4 Å². The average molecular weight is 460 g/mol. The van der Waals surface area contributed by atoms with E-state index in [4.69, 9.17) is 9.47 Å². The van der Waals surface area contributed by atoms with Crippen molar-refractivity contribution in [3.63, 3.8) is 0 Å². The number of rotatable bonds is 5. The van der Waals surface area contributed by atoms with E-state index in [0.29, 0.717) is 25.9 Å². The minimum atomic E-state index is -0.886. The first kappa shape index (κ1) is 23.9. The molecular weight excluding hydrogens is 435 g/mol. The second-order valence-corrected chi connectivity index (χ2v) is 8.58. The number of halogens is 1. The van der Waals surface area contributed by atoms with Crippen molar-refractivity contribution in [3.8, 4) is 11.5 Å². The van der Waals surface area contributed by atoms with Crippen LogP contribution in [0, 0.1) is 21.8 Å². The molecule has 2 amide bonds. The molecule has 1 aromatic carbocycles. The lowest BCUT2D eigenvalue weighted by molar-refractivity contribution is -0.385. The summed E-state index contributed by atoms with van der Waals surface area (Å²) in [4.78, 5) is 40.5. The fraction of sp³-hybridized carbons (Fsp3) is 0.409. The Morgan fingerprint density at radius 2 is 1.91 bits per heavy atom. The van der Waals surface area contributed by atoms with Gasteiger partial charge in [-0.1, -0.05) is 0 Å². The fourth-order valence-corrected chi connectivity index (χ4v) is 3.24. The summed E-state index contributed by atoms with van der Waals surface area (Å²) in [5.74, 6) is -1.21. The average Bonchev–Trinajstić information content (AvgIpc) is 2.74. The number of non-ortho nitro benzene ring substituents is 1. The highest BCUT2D eigenvalue weighted by atomic mass is 19.1. The zero-order valence-corrected chi connectivity index (χ0v) is 18.5. The maximum absolute atomic E-state index is 14.1.